The van der Waals surface area contributed by atoms with Crippen LogP contribution in [0.15, 0.2) is 18.3 Å². The number of nitrogens with one attached hydrogen (secondary N) is 1. The molecule has 2 heterocycles. The van der Waals surface area contributed by atoms with E-state index in [0.717, 1.165) is 25.0 Å². The summed E-state index contributed by atoms with van der Waals surface area (Å²) in [7, 11) is 0. The zero-order valence-electron chi connectivity index (χ0n) is 11.6. The van der Waals surface area contributed by atoms with E-state index >= 15 is 0 Å². The fourth-order valence-corrected chi connectivity index (χ4v) is 4.02. The Kier molecular flexibility index (Phi) is 4.26. The smallest absolute Gasteiger partial charge is 0.129 e. The van der Waals surface area contributed by atoms with Gasteiger partial charge < -0.3 is 4.74 Å². The number of ether oxygens (including phenoxy) is 1. The zero-order valence-corrected chi connectivity index (χ0v) is 12.4. The van der Waals surface area contributed by atoms with Gasteiger partial charge in [0.05, 0.1) is 5.60 Å². The Bertz CT molecular complexity index is 462. The maximum Gasteiger partial charge on any atom is 0.129 e. The molecule has 2 fully saturated rings. The van der Waals surface area contributed by atoms with Gasteiger partial charge in [-0.05, 0) is 49.3 Å². The number of rotatable bonds is 3. The van der Waals surface area contributed by atoms with Crippen molar-refractivity contribution < 1.29 is 4.74 Å². The van der Waals surface area contributed by atoms with Crippen LogP contribution in [0.1, 0.15) is 50.1 Å². The molecule has 1 aliphatic heterocycles. The second kappa shape index (κ2) is 5.98. The molecule has 1 aromatic heterocycles. The highest BCUT2D eigenvalue weighted by Crippen LogP contribution is 2.45. The van der Waals surface area contributed by atoms with Crippen LogP contribution in [0.25, 0.3) is 0 Å². The van der Waals surface area contributed by atoms with Gasteiger partial charge in [0.25, 0.3) is 0 Å². The molecule has 0 bridgehead atoms. The van der Waals surface area contributed by atoms with Crippen molar-refractivity contribution in [3.63, 3.8) is 0 Å². The predicted molar refractivity (Wildman–Crippen MR) is 79.2 cm³/mol. The molecule has 0 aromatic carbocycles. The summed E-state index contributed by atoms with van der Waals surface area (Å²) in [5.41, 5.74) is 4.20. The SMILES string of the molecule is NNC(c1ccnc(Cl)c1)C1CCOC2(CCCC2)C1. The van der Waals surface area contributed by atoms with E-state index in [1.807, 2.05) is 12.1 Å². The van der Waals surface area contributed by atoms with E-state index in [2.05, 4.69) is 10.4 Å². The number of hydrazine groups is 1. The van der Waals surface area contributed by atoms with Crippen molar-refractivity contribution in [2.45, 2.75) is 50.2 Å². The minimum atomic E-state index is 0.106. The Hall–Kier alpha value is -0.680. The predicted octanol–water partition coefficient (Wildman–Crippen LogP) is 2.98. The summed E-state index contributed by atoms with van der Waals surface area (Å²) in [5.74, 6) is 6.31. The van der Waals surface area contributed by atoms with Crippen LogP contribution in [0.2, 0.25) is 5.15 Å². The quantitative estimate of drug-likeness (QED) is 0.511. The van der Waals surface area contributed by atoms with Crippen LogP contribution in [0.4, 0.5) is 0 Å². The molecule has 2 aliphatic rings. The fraction of sp³-hybridized carbons (Fsp3) is 0.667. The Balaban J connectivity index is 1.78. The van der Waals surface area contributed by atoms with Crippen molar-refractivity contribution in [1.29, 1.82) is 0 Å². The Morgan fingerprint density at radius 2 is 2.25 bits per heavy atom. The number of hydrogen-bond acceptors (Lipinski definition) is 4. The van der Waals surface area contributed by atoms with Gasteiger partial charge in [-0.3, -0.25) is 11.3 Å². The summed E-state index contributed by atoms with van der Waals surface area (Å²) in [6.07, 6.45) is 8.82. The number of nitrogens with two attached hydrogens (primary N) is 1. The van der Waals surface area contributed by atoms with Gasteiger partial charge in [0, 0.05) is 18.8 Å². The first-order valence-corrected chi connectivity index (χ1v) is 7.82. The van der Waals surface area contributed by atoms with Gasteiger partial charge in [0.2, 0.25) is 0 Å². The van der Waals surface area contributed by atoms with Crippen LogP contribution < -0.4 is 11.3 Å². The zero-order chi connectivity index (χ0) is 14.0. The molecule has 110 valence electrons. The maximum absolute atomic E-state index is 6.10. The molecular weight excluding hydrogens is 274 g/mol. The molecule has 2 unspecified atom stereocenters. The monoisotopic (exact) mass is 295 g/mol. The molecule has 3 N–H and O–H groups in total. The van der Waals surface area contributed by atoms with Gasteiger partial charge in [-0.25, -0.2) is 4.98 Å². The summed E-state index contributed by atoms with van der Waals surface area (Å²) in [4.78, 5) is 4.04. The molecule has 2 atom stereocenters. The van der Waals surface area contributed by atoms with Crippen molar-refractivity contribution in [2.75, 3.05) is 6.61 Å². The minimum absolute atomic E-state index is 0.106. The van der Waals surface area contributed by atoms with Crippen LogP contribution in [-0.4, -0.2) is 17.2 Å². The molecule has 3 rings (SSSR count). The summed E-state index contributed by atoms with van der Waals surface area (Å²) >= 11 is 6.00. The number of halogens is 1. The number of hydrogen-bond donors (Lipinski definition) is 2. The highest BCUT2D eigenvalue weighted by molar-refractivity contribution is 6.29. The molecule has 1 saturated carbocycles. The topological polar surface area (TPSA) is 60.2 Å². The molecule has 0 radical (unpaired) electrons. The lowest BCUT2D eigenvalue weighted by Crippen LogP contribution is -2.43. The molecule has 1 spiro atoms. The minimum Gasteiger partial charge on any atom is -0.375 e. The standard InChI is InChI=1S/C15H22ClN3O/c16-13-9-11(3-7-18-13)14(19-17)12-4-8-20-15(10-12)5-1-2-6-15/h3,7,9,12,14,19H,1-2,4-6,8,10,17H2. The highest BCUT2D eigenvalue weighted by atomic mass is 35.5. The van der Waals surface area contributed by atoms with E-state index < -0.39 is 0 Å². The van der Waals surface area contributed by atoms with E-state index in [4.69, 9.17) is 22.2 Å². The Labute approximate surface area is 125 Å². The van der Waals surface area contributed by atoms with Gasteiger partial charge >= 0.3 is 0 Å². The summed E-state index contributed by atoms with van der Waals surface area (Å²) < 4.78 is 6.10. The first-order chi connectivity index (χ1) is 9.72. The third kappa shape index (κ3) is 2.84. The second-order valence-corrected chi connectivity index (χ2v) is 6.43. The van der Waals surface area contributed by atoms with Crippen LogP contribution >= 0.6 is 11.6 Å². The third-order valence-corrected chi connectivity index (χ3v) is 5.01. The highest BCUT2D eigenvalue weighted by Gasteiger charge is 2.42. The van der Waals surface area contributed by atoms with E-state index in [1.54, 1.807) is 6.20 Å². The Morgan fingerprint density at radius 3 is 2.95 bits per heavy atom. The fourth-order valence-electron chi connectivity index (χ4n) is 3.83. The average Bonchev–Trinajstić information content (AvgIpc) is 2.88. The van der Waals surface area contributed by atoms with Crippen molar-refractivity contribution in [3.8, 4) is 0 Å². The van der Waals surface area contributed by atoms with Crippen molar-refractivity contribution >= 4 is 11.6 Å². The van der Waals surface area contributed by atoms with Crippen molar-refractivity contribution in [2.24, 2.45) is 11.8 Å². The molecule has 1 aromatic rings. The van der Waals surface area contributed by atoms with E-state index in [9.17, 15) is 0 Å². The lowest BCUT2D eigenvalue weighted by atomic mass is 9.79. The lowest BCUT2D eigenvalue weighted by molar-refractivity contribution is -0.0982. The van der Waals surface area contributed by atoms with Gasteiger partial charge in [-0.2, -0.15) is 0 Å². The maximum atomic E-state index is 6.10. The molecule has 0 amide bonds. The van der Waals surface area contributed by atoms with Crippen LogP contribution in [0, 0.1) is 5.92 Å². The molecule has 4 nitrogen and oxygen atoms in total. The van der Waals surface area contributed by atoms with Gasteiger partial charge in [-0.1, -0.05) is 24.4 Å². The molecule has 5 heteroatoms. The first-order valence-electron chi connectivity index (χ1n) is 7.44. The lowest BCUT2D eigenvalue weighted by Gasteiger charge is -2.41. The molecule has 20 heavy (non-hydrogen) atoms. The molecule has 1 saturated heterocycles. The van der Waals surface area contributed by atoms with Crippen molar-refractivity contribution in [1.82, 2.24) is 10.4 Å². The number of aromatic nitrogens is 1. The average molecular weight is 296 g/mol. The third-order valence-electron chi connectivity index (χ3n) is 4.81. The van der Waals surface area contributed by atoms with Crippen LogP contribution in [0.3, 0.4) is 0 Å². The molecular formula is C15H22ClN3O. The van der Waals surface area contributed by atoms with Gasteiger partial charge in [-0.15, -0.1) is 0 Å². The van der Waals surface area contributed by atoms with Gasteiger partial charge in [0.1, 0.15) is 5.15 Å². The van der Waals surface area contributed by atoms with Crippen LogP contribution in [-0.2, 0) is 4.74 Å². The van der Waals surface area contributed by atoms with Crippen LogP contribution in [0.5, 0.6) is 0 Å². The second-order valence-electron chi connectivity index (χ2n) is 6.05. The molecule has 1 aliphatic carbocycles. The summed E-state index contributed by atoms with van der Waals surface area (Å²) in [6.45, 7) is 0.835. The largest absolute Gasteiger partial charge is 0.375 e. The normalized spacial score (nSPS) is 26.8. The van der Waals surface area contributed by atoms with Crippen molar-refractivity contribution in [3.05, 3.63) is 29.0 Å². The van der Waals surface area contributed by atoms with E-state index in [0.29, 0.717) is 11.1 Å². The summed E-state index contributed by atoms with van der Waals surface area (Å²) in [5, 5.41) is 0.519. The first kappa shape index (κ1) is 14.3. The summed E-state index contributed by atoms with van der Waals surface area (Å²) in [6, 6.07) is 4.02. The Morgan fingerprint density at radius 1 is 1.45 bits per heavy atom. The number of pyridine rings is 1. The van der Waals surface area contributed by atoms with E-state index in [-0.39, 0.29) is 11.6 Å². The number of nitrogens with zero attached hydrogens (tertiary/aromatic N) is 1. The van der Waals surface area contributed by atoms with E-state index in [1.165, 1.54) is 25.7 Å². The van der Waals surface area contributed by atoms with Gasteiger partial charge in [0.15, 0.2) is 0 Å².